The summed E-state index contributed by atoms with van der Waals surface area (Å²) in [6, 6.07) is 0. The summed E-state index contributed by atoms with van der Waals surface area (Å²) in [7, 11) is -3.29. The van der Waals surface area contributed by atoms with Gasteiger partial charge in [0.1, 0.15) is 19.3 Å². The highest BCUT2D eigenvalue weighted by molar-refractivity contribution is 7.62. The summed E-state index contributed by atoms with van der Waals surface area (Å²) in [4.78, 5) is 12.7. The fraction of sp³-hybridized carbons (Fsp3) is 0.846. The average Bonchev–Trinajstić information content (AvgIpc) is 3.28. The van der Waals surface area contributed by atoms with Gasteiger partial charge in [-0.15, -0.1) is 5.11 Å². The van der Waals surface area contributed by atoms with Gasteiger partial charge < -0.3 is 4.43 Å². The van der Waals surface area contributed by atoms with Gasteiger partial charge in [0.05, 0.1) is 5.71 Å². The van der Waals surface area contributed by atoms with Crippen molar-refractivity contribution in [3.63, 3.8) is 0 Å². The number of rotatable bonds is 6. The number of carbonyl (C=O) groups is 1. The summed E-state index contributed by atoms with van der Waals surface area (Å²) in [6.45, 7) is 17.8. The molecule has 0 saturated heterocycles. The summed E-state index contributed by atoms with van der Waals surface area (Å²) in [5.41, 5.74) is 3.43. The number of nitrogens with zero attached hydrogens (tertiary/aromatic N) is 4. The molecule has 6 aliphatic rings. The summed E-state index contributed by atoms with van der Waals surface area (Å²) in [5, 5.41) is 14.2. The van der Waals surface area contributed by atoms with E-state index in [4.69, 9.17) is 14.7 Å². The van der Waals surface area contributed by atoms with Gasteiger partial charge >= 0.3 is 0 Å². The number of hydrazone groups is 1. The molecule has 4 saturated carbocycles. The first kappa shape index (κ1) is 24.6. The molecule has 0 spiro atoms. The lowest BCUT2D eigenvalue weighted by Crippen LogP contribution is -2.53. The number of azo groups is 1. The molecule has 4 bridgehead atoms. The van der Waals surface area contributed by atoms with Crippen molar-refractivity contribution < 1.29 is 9.22 Å². The Kier molecular flexibility index (Phi) is 6.16. The van der Waals surface area contributed by atoms with E-state index in [0.29, 0.717) is 16.6 Å². The van der Waals surface area contributed by atoms with Gasteiger partial charge in [-0.3, -0.25) is 4.79 Å². The van der Waals surface area contributed by atoms with Gasteiger partial charge in [-0.25, -0.2) is 4.78 Å². The van der Waals surface area contributed by atoms with Crippen molar-refractivity contribution in [2.24, 2.45) is 38.5 Å². The molecule has 1 unspecified atom stereocenters. The highest BCUT2D eigenvalue weighted by Crippen LogP contribution is 2.69. The molecule has 0 N–H and O–H groups in total. The van der Waals surface area contributed by atoms with Crippen LogP contribution in [0.5, 0.6) is 0 Å². The van der Waals surface area contributed by atoms with Crippen molar-refractivity contribution in [3.05, 3.63) is 11.2 Å². The third-order valence-corrected chi connectivity index (χ3v) is 17.9. The fourth-order valence-electron chi connectivity index (χ4n) is 8.70. The number of amides is 1. The SMILES string of the molecule is CC(=O)N1N=C(C)[C@@H]2N=N/C(=C(\O[Si](C(C)C)(C(C)C)C(C)C)C34CC5CC(CC(C5)C3)C4)P21. The Morgan fingerprint density at radius 2 is 1.50 bits per heavy atom. The lowest BCUT2D eigenvalue weighted by atomic mass is 9.49. The first-order valence-electron chi connectivity index (χ1n) is 13.5. The van der Waals surface area contributed by atoms with Crippen molar-refractivity contribution in [1.82, 2.24) is 4.78 Å². The van der Waals surface area contributed by atoms with Crippen LogP contribution >= 0.6 is 8.07 Å². The Morgan fingerprint density at radius 3 is 1.94 bits per heavy atom. The van der Waals surface area contributed by atoms with E-state index in [1.54, 1.807) is 11.7 Å². The molecule has 34 heavy (non-hydrogen) atoms. The average molecular weight is 503 g/mol. The number of carbonyl (C=O) groups excluding carboxylic acids is 1. The van der Waals surface area contributed by atoms with Crippen LogP contribution in [0.4, 0.5) is 0 Å². The maximum atomic E-state index is 12.7. The minimum absolute atomic E-state index is 0.0114. The van der Waals surface area contributed by atoms with Crippen molar-refractivity contribution in [2.45, 2.75) is 116 Å². The van der Waals surface area contributed by atoms with Crippen molar-refractivity contribution in [3.8, 4) is 0 Å². The Balaban J connectivity index is 1.68. The van der Waals surface area contributed by atoms with E-state index in [1.807, 2.05) is 6.92 Å². The van der Waals surface area contributed by atoms with Crippen molar-refractivity contribution in [1.29, 1.82) is 0 Å². The second-order valence-electron chi connectivity index (χ2n) is 12.8. The molecule has 4 fully saturated rings. The quantitative estimate of drug-likeness (QED) is 0.210. The molecule has 188 valence electrons. The zero-order valence-electron chi connectivity index (χ0n) is 22.3. The Hall–Kier alpha value is -1.07. The van der Waals surface area contributed by atoms with E-state index in [0.717, 1.165) is 34.7 Å². The van der Waals surface area contributed by atoms with Gasteiger partial charge in [0.15, 0.2) is 5.78 Å². The van der Waals surface area contributed by atoms with Crippen LogP contribution in [0.15, 0.2) is 26.5 Å². The van der Waals surface area contributed by atoms with Crippen LogP contribution in [0.2, 0.25) is 16.6 Å². The first-order chi connectivity index (χ1) is 16.0. The van der Waals surface area contributed by atoms with Crippen LogP contribution in [-0.4, -0.2) is 30.5 Å². The van der Waals surface area contributed by atoms with Gasteiger partial charge in [0, 0.05) is 12.3 Å². The van der Waals surface area contributed by atoms with Crippen LogP contribution in [0.25, 0.3) is 0 Å². The predicted octanol–water partition coefficient (Wildman–Crippen LogP) is 7.99. The van der Waals surface area contributed by atoms with Gasteiger partial charge in [-0.2, -0.15) is 10.2 Å². The molecule has 0 aromatic carbocycles. The molecule has 0 radical (unpaired) electrons. The maximum absolute atomic E-state index is 12.7. The van der Waals surface area contributed by atoms with E-state index in [1.165, 1.54) is 38.5 Å². The normalized spacial score (nSPS) is 37.8. The molecule has 0 aromatic heterocycles. The highest BCUT2D eigenvalue weighted by atomic mass is 31.1. The van der Waals surface area contributed by atoms with Crippen LogP contribution in [0.1, 0.15) is 93.9 Å². The minimum Gasteiger partial charge on any atom is -0.544 e. The van der Waals surface area contributed by atoms with Crippen LogP contribution in [0, 0.1) is 23.2 Å². The number of hydrogen-bond acceptors (Lipinski definition) is 5. The molecule has 2 atom stereocenters. The predicted molar refractivity (Wildman–Crippen MR) is 141 cm³/mol. The molecular weight excluding hydrogens is 459 g/mol. The lowest BCUT2D eigenvalue weighted by molar-refractivity contribution is -0.124. The van der Waals surface area contributed by atoms with E-state index in [-0.39, 0.29) is 17.1 Å². The van der Waals surface area contributed by atoms with E-state index in [9.17, 15) is 4.79 Å². The summed E-state index contributed by atoms with van der Waals surface area (Å²) >= 11 is 0. The molecule has 6 nitrogen and oxygen atoms in total. The number of allylic oxidation sites excluding steroid dienone is 1. The van der Waals surface area contributed by atoms with E-state index >= 15 is 0 Å². The molecule has 2 aliphatic heterocycles. The molecule has 8 heteroatoms. The lowest BCUT2D eigenvalue weighted by Gasteiger charge is -2.58. The monoisotopic (exact) mass is 502 g/mol. The molecule has 1 amide bonds. The molecule has 0 aromatic rings. The van der Waals surface area contributed by atoms with Crippen LogP contribution < -0.4 is 0 Å². The van der Waals surface area contributed by atoms with Crippen LogP contribution in [-0.2, 0) is 9.22 Å². The zero-order valence-corrected chi connectivity index (χ0v) is 24.2. The highest BCUT2D eigenvalue weighted by Gasteiger charge is 2.59. The zero-order chi connectivity index (χ0) is 24.6. The van der Waals surface area contributed by atoms with Gasteiger partial charge in [-0.05, 0) is 79.8 Å². The summed E-state index contributed by atoms with van der Waals surface area (Å²) in [5.74, 6) is 3.48. The summed E-state index contributed by atoms with van der Waals surface area (Å²) in [6.07, 6.45) is 7.84. The van der Waals surface area contributed by atoms with Crippen LogP contribution in [0.3, 0.4) is 0 Å². The van der Waals surface area contributed by atoms with Crippen molar-refractivity contribution in [2.75, 3.05) is 0 Å². The first-order valence-corrected chi connectivity index (χ1v) is 17.0. The van der Waals surface area contributed by atoms with Gasteiger partial charge in [0.2, 0.25) is 5.91 Å². The minimum atomic E-state index is -2.21. The Bertz CT molecular complexity index is 899. The molecule has 2 heterocycles. The van der Waals surface area contributed by atoms with Gasteiger partial charge in [-0.1, -0.05) is 41.5 Å². The smallest absolute Gasteiger partial charge is 0.258 e. The molecule has 6 rings (SSSR count). The Morgan fingerprint density at radius 1 is 1.00 bits per heavy atom. The van der Waals surface area contributed by atoms with Gasteiger partial charge in [0.25, 0.3) is 8.32 Å². The fourth-order valence-corrected chi connectivity index (χ4v) is 16.5. The van der Waals surface area contributed by atoms with E-state index < -0.39 is 16.4 Å². The maximum Gasteiger partial charge on any atom is 0.258 e. The third-order valence-electron chi connectivity index (χ3n) is 9.53. The standard InChI is InChI=1S/C26H43N4O2PSi/c1-15(2)34(16(3)4,17(5)6)32-23(26-12-20-9-21(13-26)11-22(10-20)14-26)25-28-27-24-18(7)29-30(19(8)31)33(24)25/h15-17,20-22,24H,9-14H2,1-8H3/b25-23+/t20?,21?,22?,24-,26?,33?/m1/s1. The van der Waals surface area contributed by atoms with E-state index in [2.05, 4.69) is 46.6 Å². The topological polar surface area (TPSA) is 66.6 Å². The summed E-state index contributed by atoms with van der Waals surface area (Å²) < 4.78 is 9.36. The second-order valence-corrected chi connectivity index (χ2v) is 20.1. The number of hydrogen-bond donors (Lipinski definition) is 0. The molecule has 4 aliphatic carbocycles. The largest absolute Gasteiger partial charge is 0.544 e. The second kappa shape index (κ2) is 8.50. The third kappa shape index (κ3) is 3.58. The Labute approximate surface area is 208 Å². The molecular formula is C26H43N4O2PSi. The van der Waals surface area contributed by atoms with Crippen molar-refractivity contribution >= 4 is 28.0 Å². The number of fused-ring (bicyclic) bond motifs is 1.